The maximum absolute atomic E-state index is 2.51. The summed E-state index contributed by atoms with van der Waals surface area (Å²) in [5.74, 6) is 0. The first-order valence-electron chi connectivity index (χ1n) is 5.36. The maximum atomic E-state index is 2.51. The molecule has 0 aliphatic carbocycles. The van der Waals surface area contributed by atoms with E-state index in [1.54, 1.807) is 5.30 Å². The van der Waals surface area contributed by atoms with Gasteiger partial charge in [-0.1, -0.05) is 18.2 Å². The quantitative estimate of drug-likeness (QED) is 0.675. The molecule has 1 heterocycles. The van der Waals surface area contributed by atoms with E-state index >= 15 is 0 Å². The monoisotopic (exact) mass is 208 g/mol. The van der Waals surface area contributed by atoms with E-state index in [-0.39, 0.29) is 0 Å². The molecule has 1 aromatic carbocycles. The fourth-order valence-corrected chi connectivity index (χ4v) is 6.68. The lowest BCUT2D eigenvalue weighted by Crippen LogP contribution is -2.25. The molecule has 1 aromatic rings. The van der Waals surface area contributed by atoms with Crippen LogP contribution in [-0.2, 0) is 0 Å². The summed E-state index contributed by atoms with van der Waals surface area (Å²) < 4.78 is 2.51. The minimum atomic E-state index is -0.938. The Hall–Kier alpha value is -0.390. The summed E-state index contributed by atoms with van der Waals surface area (Å²) in [6.45, 7) is 0. The predicted octanol–water partition coefficient (Wildman–Crippen LogP) is 2.60. The van der Waals surface area contributed by atoms with Gasteiger partial charge in [0, 0.05) is 14.1 Å². The summed E-state index contributed by atoms with van der Waals surface area (Å²) in [6, 6.07) is 11.1. The molecule has 76 valence electrons. The molecule has 0 atom stereocenters. The van der Waals surface area contributed by atoms with Gasteiger partial charge in [-0.05, 0) is 25.0 Å². The first kappa shape index (κ1) is 10.1. The van der Waals surface area contributed by atoms with Crippen LogP contribution < -0.4 is 5.30 Å². The molecular formula is C12H19NP+. The fraction of sp³-hybridized carbons (Fsp3) is 0.500. The van der Waals surface area contributed by atoms with Gasteiger partial charge in [0.15, 0.2) is 0 Å². The first-order chi connectivity index (χ1) is 6.76. The molecule has 1 nitrogen and oxygen atoms in total. The van der Waals surface area contributed by atoms with Crippen molar-refractivity contribution in [3.63, 3.8) is 0 Å². The zero-order chi connectivity index (χ0) is 10.0. The Balaban J connectivity index is 2.36. The molecule has 2 heteroatoms. The van der Waals surface area contributed by atoms with Crippen LogP contribution in [-0.4, -0.2) is 31.1 Å². The van der Waals surface area contributed by atoms with Crippen molar-refractivity contribution in [1.82, 2.24) is 4.67 Å². The van der Waals surface area contributed by atoms with Crippen LogP contribution in [0.25, 0.3) is 0 Å². The van der Waals surface area contributed by atoms with Crippen molar-refractivity contribution in [2.24, 2.45) is 0 Å². The van der Waals surface area contributed by atoms with E-state index in [4.69, 9.17) is 0 Å². The number of nitrogens with zero attached hydrogens (tertiary/aromatic N) is 1. The molecule has 0 saturated carbocycles. The van der Waals surface area contributed by atoms with Crippen LogP contribution in [0.4, 0.5) is 0 Å². The molecule has 14 heavy (non-hydrogen) atoms. The lowest BCUT2D eigenvalue weighted by Gasteiger charge is -2.28. The van der Waals surface area contributed by atoms with Crippen LogP contribution >= 0.6 is 7.41 Å². The Morgan fingerprint density at radius 2 is 1.57 bits per heavy atom. The molecule has 0 bridgehead atoms. The second-order valence-corrected chi connectivity index (χ2v) is 8.32. The highest BCUT2D eigenvalue weighted by molar-refractivity contribution is 7.81. The Morgan fingerprint density at radius 3 is 2.07 bits per heavy atom. The van der Waals surface area contributed by atoms with Crippen molar-refractivity contribution >= 4 is 12.7 Å². The predicted molar refractivity (Wildman–Crippen MR) is 65.7 cm³/mol. The van der Waals surface area contributed by atoms with E-state index in [2.05, 4.69) is 49.1 Å². The molecule has 0 radical (unpaired) electrons. The molecule has 0 N–H and O–H groups in total. The molecule has 0 amide bonds. The molecule has 0 spiro atoms. The zero-order valence-corrected chi connectivity index (χ0v) is 10.0. The van der Waals surface area contributed by atoms with Gasteiger partial charge in [0.05, 0.1) is 12.3 Å². The normalized spacial score (nSPS) is 20.2. The minimum Gasteiger partial charge on any atom is -0.181 e. The van der Waals surface area contributed by atoms with Gasteiger partial charge >= 0.3 is 0 Å². The zero-order valence-electron chi connectivity index (χ0n) is 9.11. The van der Waals surface area contributed by atoms with Crippen molar-refractivity contribution in [3.8, 4) is 0 Å². The summed E-state index contributed by atoms with van der Waals surface area (Å²) in [7, 11) is 3.57. The van der Waals surface area contributed by atoms with E-state index in [0.717, 1.165) is 0 Å². The highest BCUT2D eigenvalue weighted by atomic mass is 31.2. The number of rotatable bonds is 2. The van der Waals surface area contributed by atoms with E-state index in [9.17, 15) is 0 Å². The van der Waals surface area contributed by atoms with Crippen molar-refractivity contribution < 1.29 is 0 Å². The smallest absolute Gasteiger partial charge is 0.115 e. The van der Waals surface area contributed by atoms with Crippen molar-refractivity contribution in [3.05, 3.63) is 30.3 Å². The van der Waals surface area contributed by atoms with Crippen LogP contribution in [0.3, 0.4) is 0 Å². The lowest BCUT2D eigenvalue weighted by atomic mass is 10.4. The van der Waals surface area contributed by atoms with Crippen molar-refractivity contribution in [2.45, 2.75) is 12.8 Å². The van der Waals surface area contributed by atoms with Crippen LogP contribution in [0, 0.1) is 0 Å². The summed E-state index contributed by atoms with van der Waals surface area (Å²) >= 11 is 0. The molecule has 0 aromatic heterocycles. The number of hydrogen-bond acceptors (Lipinski definition) is 1. The topological polar surface area (TPSA) is 3.24 Å². The van der Waals surface area contributed by atoms with Crippen LogP contribution in [0.15, 0.2) is 30.3 Å². The van der Waals surface area contributed by atoms with Gasteiger partial charge in [-0.2, -0.15) is 4.67 Å². The summed E-state index contributed by atoms with van der Waals surface area (Å²) in [4.78, 5) is 0. The van der Waals surface area contributed by atoms with Crippen LogP contribution in [0.5, 0.6) is 0 Å². The summed E-state index contributed by atoms with van der Waals surface area (Å²) in [5.41, 5.74) is 0. The fourth-order valence-electron chi connectivity index (χ4n) is 2.45. The van der Waals surface area contributed by atoms with E-state index in [1.807, 2.05) is 0 Å². The molecule has 1 saturated heterocycles. The molecule has 1 aliphatic rings. The van der Waals surface area contributed by atoms with E-state index in [1.165, 1.54) is 25.2 Å². The highest BCUT2D eigenvalue weighted by Crippen LogP contribution is 2.63. The molecule has 1 aliphatic heterocycles. The van der Waals surface area contributed by atoms with Gasteiger partial charge in [-0.3, -0.25) is 0 Å². The lowest BCUT2D eigenvalue weighted by molar-refractivity contribution is 0.669. The Bertz CT molecular complexity index is 288. The Morgan fingerprint density at radius 1 is 1.00 bits per heavy atom. The molecular weight excluding hydrogens is 189 g/mol. The van der Waals surface area contributed by atoms with Gasteiger partial charge in [-0.25, -0.2) is 0 Å². The van der Waals surface area contributed by atoms with Gasteiger partial charge < -0.3 is 0 Å². The van der Waals surface area contributed by atoms with Crippen molar-refractivity contribution in [1.29, 1.82) is 0 Å². The minimum absolute atomic E-state index is 0.938. The van der Waals surface area contributed by atoms with E-state index in [0.29, 0.717) is 0 Å². The first-order valence-corrected chi connectivity index (χ1v) is 7.47. The SMILES string of the molecule is CN(C)[P+]1(c2ccccc2)CCCC1. The average molecular weight is 208 g/mol. The Kier molecular flexibility index (Phi) is 2.90. The number of hydrogen-bond donors (Lipinski definition) is 0. The standard InChI is InChI=1S/C12H19NP/c1-13(2)14(10-6-7-11-14)12-8-4-3-5-9-12/h3-5,8-9H,6-7,10-11H2,1-2H3/q+1. The third-order valence-corrected chi connectivity index (χ3v) is 8.21. The average Bonchev–Trinajstić information content (AvgIpc) is 2.69. The van der Waals surface area contributed by atoms with Gasteiger partial charge in [-0.15, -0.1) is 0 Å². The Labute approximate surface area is 87.5 Å². The third kappa shape index (κ3) is 1.60. The van der Waals surface area contributed by atoms with Crippen LogP contribution in [0.1, 0.15) is 12.8 Å². The van der Waals surface area contributed by atoms with Crippen molar-refractivity contribution in [2.75, 3.05) is 26.4 Å². The second-order valence-electron chi connectivity index (χ2n) is 4.26. The highest BCUT2D eigenvalue weighted by Gasteiger charge is 2.45. The second kappa shape index (κ2) is 4.00. The maximum Gasteiger partial charge on any atom is 0.115 e. The van der Waals surface area contributed by atoms with Crippen LogP contribution in [0.2, 0.25) is 0 Å². The third-order valence-electron chi connectivity index (χ3n) is 3.31. The van der Waals surface area contributed by atoms with Gasteiger partial charge in [0.25, 0.3) is 0 Å². The van der Waals surface area contributed by atoms with Gasteiger partial charge in [0.2, 0.25) is 0 Å². The summed E-state index contributed by atoms with van der Waals surface area (Å²) in [6.07, 6.45) is 5.68. The van der Waals surface area contributed by atoms with Gasteiger partial charge in [0.1, 0.15) is 12.7 Å². The largest absolute Gasteiger partial charge is 0.181 e. The molecule has 1 fully saturated rings. The molecule has 2 rings (SSSR count). The number of benzene rings is 1. The molecule has 0 unspecified atom stereocenters. The van der Waals surface area contributed by atoms with E-state index < -0.39 is 7.41 Å². The summed E-state index contributed by atoms with van der Waals surface area (Å²) in [5, 5.41) is 1.60.